The molecule has 0 radical (unpaired) electrons. The van der Waals surface area contributed by atoms with Crippen LogP contribution >= 0.6 is 11.6 Å². The number of phenolic OH excluding ortho intramolecular Hbond substituents is 1. The number of hydrogen-bond acceptors (Lipinski definition) is 5. The van der Waals surface area contributed by atoms with E-state index in [4.69, 9.17) is 11.6 Å². The van der Waals surface area contributed by atoms with Crippen molar-refractivity contribution in [3.05, 3.63) is 70.3 Å². The standard InChI is InChI=1S/C19H16ClNO5/c20-13-6-4-11(5-7-13)17(24)15-16(12-2-1-3-14(23)10-12)21(8-9-22)19(26)18(15)25/h1-7,10,16,22-24H,8-9H2/b17-15+/t16-/m1/s1. The number of Topliss-reactive ketones (excluding diaryl/α,β-unsaturated/α-hetero) is 1. The van der Waals surface area contributed by atoms with E-state index in [0.29, 0.717) is 16.1 Å². The molecule has 26 heavy (non-hydrogen) atoms. The van der Waals surface area contributed by atoms with Gasteiger partial charge < -0.3 is 20.2 Å². The zero-order valence-corrected chi connectivity index (χ0v) is 14.3. The number of aliphatic hydroxyl groups is 2. The second kappa shape index (κ2) is 7.19. The van der Waals surface area contributed by atoms with Crippen LogP contribution in [0.3, 0.4) is 0 Å². The lowest BCUT2D eigenvalue weighted by Gasteiger charge is -2.24. The minimum absolute atomic E-state index is 0.0384. The van der Waals surface area contributed by atoms with Crippen LogP contribution in [0.5, 0.6) is 5.75 Å². The van der Waals surface area contributed by atoms with Gasteiger partial charge in [0.25, 0.3) is 11.7 Å². The molecule has 1 atom stereocenters. The van der Waals surface area contributed by atoms with Crippen LogP contribution in [0.25, 0.3) is 5.76 Å². The quantitative estimate of drug-likeness (QED) is 0.434. The molecule has 1 aliphatic rings. The highest BCUT2D eigenvalue weighted by Gasteiger charge is 2.45. The Hall–Kier alpha value is -2.83. The summed E-state index contributed by atoms with van der Waals surface area (Å²) in [6, 6.07) is 11.4. The molecular weight excluding hydrogens is 358 g/mol. The number of ketones is 1. The number of carbonyl (C=O) groups excluding carboxylic acids is 2. The maximum atomic E-state index is 12.6. The van der Waals surface area contributed by atoms with Crippen LogP contribution in [-0.2, 0) is 9.59 Å². The van der Waals surface area contributed by atoms with Gasteiger partial charge in [-0.3, -0.25) is 9.59 Å². The monoisotopic (exact) mass is 373 g/mol. The van der Waals surface area contributed by atoms with Gasteiger partial charge in [-0.2, -0.15) is 0 Å². The highest BCUT2D eigenvalue weighted by molar-refractivity contribution is 6.46. The topological polar surface area (TPSA) is 98.1 Å². The van der Waals surface area contributed by atoms with Gasteiger partial charge in [0, 0.05) is 17.1 Å². The minimum atomic E-state index is -0.912. The number of likely N-dealkylation sites (tertiary alicyclic amines) is 1. The number of halogens is 1. The van der Waals surface area contributed by atoms with Crippen molar-refractivity contribution in [2.45, 2.75) is 6.04 Å². The fraction of sp³-hybridized carbons (Fsp3) is 0.158. The number of phenols is 1. The zero-order valence-electron chi connectivity index (χ0n) is 13.6. The molecule has 7 heteroatoms. The summed E-state index contributed by atoms with van der Waals surface area (Å²) in [5, 5.41) is 30.2. The van der Waals surface area contributed by atoms with E-state index >= 15 is 0 Å². The van der Waals surface area contributed by atoms with Gasteiger partial charge in [0.1, 0.15) is 11.5 Å². The van der Waals surface area contributed by atoms with Crippen molar-refractivity contribution in [3.8, 4) is 5.75 Å². The number of rotatable bonds is 4. The molecule has 1 saturated heterocycles. The number of hydrogen-bond donors (Lipinski definition) is 3. The normalized spacial score (nSPS) is 19.2. The maximum Gasteiger partial charge on any atom is 0.295 e. The zero-order chi connectivity index (χ0) is 18.8. The van der Waals surface area contributed by atoms with Gasteiger partial charge >= 0.3 is 0 Å². The Kier molecular flexibility index (Phi) is 4.97. The summed E-state index contributed by atoms with van der Waals surface area (Å²) in [6.45, 7) is -0.425. The SMILES string of the molecule is O=C1C(=O)N(CCO)[C@H](c2cccc(O)c2)/C1=C(\O)c1ccc(Cl)cc1. The van der Waals surface area contributed by atoms with E-state index in [9.17, 15) is 24.9 Å². The third-order valence-electron chi connectivity index (χ3n) is 4.18. The first kappa shape index (κ1) is 18.0. The van der Waals surface area contributed by atoms with Gasteiger partial charge in [0.2, 0.25) is 0 Å². The van der Waals surface area contributed by atoms with Crippen molar-refractivity contribution >= 4 is 29.1 Å². The molecule has 134 valence electrons. The second-order valence-electron chi connectivity index (χ2n) is 5.82. The molecule has 1 fully saturated rings. The van der Waals surface area contributed by atoms with E-state index in [1.54, 1.807) is 24.3 Å². The average molecular weight is 374 g/mol. The molecule has 0 unspecified atom stereocenters. The van der Waals surface area contributed by atoms with Crippen molar-refractivity contribution in [1.29, 1.82) is 0 Å². The van der Waals surface area contributed by atoms with Gasteiger partial charge in [-0.15, -0.1) is 0 Å². The molecule has 3 N–H and O–H groups in total. The van der Waals surface area contributed by atoms with Crippen LogP contribution in [0.4, 0.5) is 0 Å². The number of aliphatic hydroxyl groups excluding tert-OH is 2. The highest BCUT2D eigenvalue weighted by atomic mass is 35.5. The molecular formula is C19H16ClNO5. The van der Waals surface area contributed by atoms with Crippen molar-refractivity contribution in [1.82, 2.24) is 4.90 Å². The molecule has 0 spiro atoms. The van der Waals surface area contributed by atoms with E-state index < -0.39 is 17.7 Å². The van der Waals surface area contributed by atoms with Gasteiger partial charge in [0.15, 0.2) is 0 Å². The average Bonchev–Trinajstić information content (AvgIpc) is 2.87. The molecule has 6 nitrogen and oxygen atoms in total. The van der Waals surface area contributed by atoms with Crippen LogP contribution in [-0.4, -0.2) is 45.1 Å². The van der Waals surface area contributed by atoms with E-state index in [-0.39, 0.29) is 30.2 Å². The van der Waals surface area contributed by atoms with Crippen molar-refractivity contribution < 1.29 is 24.9 Å². The highest BCUT2D eigenvalue weighted by Crippen LogP contribution is 2.39. The smallest absolute Gasteiger partial charge is 0.295 e. The van der Waals surface area contributed by atoms with Gasteiger partial charge in [-0.25, -0.2) is 0 Å². The summed E-state index contributed by atoms with van der Waals surface area (Å²) in [5.41, 5.74) is 0.686. The number of nitrogens with zero attached hydrogens (tertiary/aromatic N) is 1. The Labute approximate surface area is 154 Å². The van der Waals surface area contributed by atoms with Gasteiger partial charge in [-0.05, 0) is 42.0 Å². The van der Waals surface area contributed by atoms with Crippen molar-refractivity contribution in [3.63, 3.8) is 0 Å². The summed E-state index contributed by atoms with van der Waals surface area (Å²) < 4.78 is 0. The van der Waals surface area contributed by atoms with E-state index in [1.165, 1.54) is 29.2 Å². The predicted molar refractivity (Wildman–Crippen MR) is 95.7 cm³/mol. The number of aromatic hydroxyl groups is 1. The van der Waals surface area contributed by atoms with Crippen LogP contribution in [0, 0.1) is 0 Å². The second-order valence-corrected chi connectivity index (χ2v) is 6.25. The number of carbonyl (C=O) groups is 2. The molecule has 0 aliphatic carbocycles. The Morgan fingerprint density at radius 3 is 2.42 bits per heavy atom. The first-order valence-electron chi connectivity index (χ1n) is 7.88. The number of amides is 1. The van der Waals surface area contributed by atoms with Crippen LogP contribution in [0.15, 0.2) is 54.1 Å². The first-order chi connectivity index (χ1) is 12.4. The number of benzene rings is 2. The number of β-amino-alcohol motifs (C(OH)–C–C–N with tert-alkyl or cyclic N) is 1. The van der Waals surface area contributed by atoms with Gasteiger partial charge in [0.05, 0.1) is 18.2 Å². The summed E-state index contributed by atoms with van der Waals surface area (Å²) in [6.07, 6.45) is 0. The third-order valence-corrected chi connectivity index (χ3v) is 4.44. The predicted octanol–water partition coefficient (Wildman–Crippen LogP) is 2.46. The molecule has 0 bridgehead atoms. The summed E-state index contributed by atoms with van der Waals surface area (Å²) in [5.74, 6) is -2.04. The Balaban J connectivity index is 2.19. The summed E-state index contributed by atoms with van der Waals surface area (Å²) in [4.78, 5) is 26.1. The third kappa shape index (κ3) is 3.16. The Morgan fingerprint density at radius 1 is 1.12 bits per heavy atom. The van der Waals surface area contributed by atoms with Crippen LogP contribution in [0.2, 0.25) is 5.02 Å². The molecule has 0 aromatic heterocycles. The van der Waals surface area contributed by atoms with Gasteiger partial charge in [-0.1, -0.05) is 23.7 Å². The fourth-order valence-electron chi connectivity index (χ4n) is 3.02. The lowest BCUT2D eigenvalue weighted by Crippen LogP contribution is -2.32. The molecule has 1 amide bonds. The van der Waals surface area contributed by atoms with E-state index in [1.807, 2.05) is 0 Å². The summed E-state index contributed by atoms with van der Waals surface area (Å²) >= 11 is 5.85. The van der Waals surface area contributed by atoms with Crippen molar-refractivity contribution in [2.75, 3.05) is 13.2 Å². The Bertz CT molecular complexity index is 891. The molecule has 0 saturated carbocycles. The lowest BCUT2D eigenvalue weighted by molar-refractivity contribution is -0.140. The molecule has 1 aliphatic heterocycles. The first-order valence-corrected chi connectivity index (χ1v) is 8.26. The van der Waals surface area contributed by atoms with Crippen LogP contribution < -0.4 is 0 Å². The largest absolute Gasteiger partial charge is 0.508 e. The molecule has 1 heterocycles. The van der Waals surface area contributed by atoms with Crippen LogP contribution in [0.1, 0.15) is 17.2 Å². The lowest BCUT2D eigenvalue weighted by atomic mass is 9.95. The van der Waals surface area contributed by atoms with Crippen molar-refractivity contribution in [2.24, 2.45) is 0 Å². The summed E-state index contributed by atoms with van der Waals surface area (Å²) in [7, 11) is 0. The molecule has 2 aromatic carbocycles. The molecule has 2 aromatic rings. The van der Waals surface area contributed by atoms with E-state index in [0.717, 1.165) is 0 Å². The fourth-order valence-corrected chi connectivity index (χ4v) is 3.15. The van der Waals surface area contributed by atoms with E-state index in [2.05, 4.69) is 0 Å². The maximum absolute atomic E-state index is 12.6. The molecule has 3 rings (SSSR count). The Morgan fingerprint density at radius 2 is 1.81 bits per heavy atom. The minimum Gasteiger partial charge on any atom is -0.508 e.